The molecule has 0 aliphatic heterocycles. The molecular formula is C12H8Cl2N2O2. The van der Waals surface area contributed by atoms with E-state index in [1.807, 2.05) is 30.3 Å². The zero-order valence-electron chi connectivity index (χ0n) is 9.14. The Bertz CT molecular complexity index is 561. The van der Waals surface area contributed by atoms with Crippen molar-refractivity contribution in [3.8, 4) is 0 Å². The van der Waals surface area contributed by atoms with Gasteiger partial charge >= 0.3 is 5.97 Å². The van der Waals surface area contributed by atoms with Gasteiger partial charge in [0.2, 0.25) is 5.28 Å². The van der Waals surface area contributed by atoms with Crippen molar-refractivity contribution in [1.82, 2.24) is 9.97 Å². The average molecular weight is 283 g/mol. The lowest BCUT2D eigenvalue weighted by Crippen LogP contribution is -2.07. The zero-order chi connectivity index (χ0) is 13.0. The Balaban J connectivity index is 2.04. The van der Waals surface area contributed by atoms with Gasteiger partial charge in [-0.1, -0.05) is 41.9 Å². The largest absolute Gasteiger partial charge is 0.457 e. The van der Waals surface area contributed by atoms with Gasteiger partial charge in [-0.25, -0.2) is 14.8 Å². The molecule has 0 spiro atoms. The second-order valence-electron chi connectivity index (χ2n) is 3.41. The van der Waals surface area contributed by atoms with Crippen molar-refractivity contribution in [3.05, 3.63) is 58.1 Å². The van der Waals surface area contributed by atoms with Crippen molar-refractivity contribution >= 4 is 29.2 Å². The molecular weight excluding hydrogens is 275 g/mol. The van der Waals surface area contributed by atoms with Gasteiger partial charge in [-0.05, 0) is 17.2 Å². The molecule has 0 saturated heterocycles. The summed E-state index contributed by atoms with van der Waals surface area (Å²) in [5.41, 5.74) is 0.980. The van der Waals surface area contributed by atoms with Gasteiger partial charge in [-0.15, -0.1) is 0 Å². The molecule has 0 atom stereocenters. The number of aromatic nitrogens is 2. The van der Waals surface area contributed by atoms with Gasteiger partial charge < -0.3 is 4.74 Å². The van der Waals surface area contributed by atoms with Crippen LogP contribution in [0.4, 0.5) is 0 Å². The van der Waals surface area contributed by atoms with Crippen LogP contribution >= 0.6 is 23.2 Å². The topological polar surface area (TPSA) is 52.1 Å². The molecule has 0 radical (unpaired) electrons. The molecule has 1 aromatic carbocycles. The maximum Gasteiger partial charge on any atom is 0.343 e. The van der Waals surface area contributed by atoms with Crippen LogP contribution in [0, 0.1) is 0 Å². The molecule has 2 aromatic rings. The van der Waals surface area contributed by atoms with Crippen molar-refractivity contribution in [2.45, 2.75) is 6.61 Å². The number of esters is 1. The molecule has 0 saturated carbocycles. The highest BCUT2D eigenvalue weighted by atomic mass is 35.5. The average Bonchev–Trinajstić information content (AvgIpc) is 2.37. The molecule has 0 aliphatic carbocycles. The van der Waals surface area contributed by atoms with E-state index in [2.05, 4.69) is 9.97 Å². The maximum atomic E-state index is 11.7. The molecule has 0 bridgehead atoms. The lowest BCUT2D eigenvalue weighted by molar-refractivity contribution is 0.0472. The van der Waals surface area contributed by atoms with Gasteiger partial charge in [0.1, 0.15) is 17.3 Å². The normalized spacial score (nSPS) is 10.1. The SMILES string of the molecule is O=C(OCc1ccccc1)c1cnc(Cl)nc1Cl. The smallest absolute Gasteiger partial charge is 0.343 e. The van der Waals surface area contributed by atoms with Crippen molar-refractivity contribution in [1.29, 1.82) is 0 Å². The molecule has 4 nitrogen and oxygen atoms in total. The fourth-order valence-electron chi connectivity index (χ4n) is 1.28. The van der Waals surface area contributed by atoms with Crippen molar-refractivity contribution < 1.29 is 9.53 Å². The van der Waals surface area contributed by atoms with Gasteiger partial charge in [0.25, 0.3) is 0 Å². The molecule has 0 fully saturated rings. The Morgan fingerprint density at radius 2 is 1.94 bits per heavy atom. The summed E-state index contributed by atoms with van der Waals surface area (Å²) in [5.74, 6) is -0.583. The van der Waals surface area contributed by atoms with E-state index in [1.165, 1.54) is 6.20 Å². The third-order valence-electron chi connectivity index (χ3n) is 2.15. The van der Waals surface area contributed by atoms with E-state index in [0.717, 1.165) is 5.56 Å². The first-order valence-corrected chi connectivity index (χ1v) is 5.81. The molecule has 0 unspecified atom stereocenters. The van der Waals surface area contributed by atoms with Crippen molar-refractivity contribution in [3.63, 3.8) is 0 Å². The number of ether oxygens (including phenoxy) is 1. The molecule has 2 rings (SSSR count). The highest BCUT2D eigenvalue weighted by Gasteiger charge is 2.14. The minimum Gasteiger partial charge on any atom is -0.457 e. The van der Waals surface area contributed by atoms with Crippen LogP contribution in [0.25, 0.3) is 0 Å². The monoisotopic (exact) mass is 282 g/mol. The van der Waals surface area contributed by atoms with Crippen LogP contribution in [0.1, 0.15) is 15.9 Å². The number of carbonyl (C=O) groups is 1. The molecule has 18 heavy (non-hydrogen) atoms. The fourth-order valence-corrected chi connectivity index (χ4v) is 1.66. The molecule has 0 amide bonds. The van der Waals surface area contributed by atoms with Crippen molar-refractivity contribution in [2.24, 2.45) is 0 Å². The fraction of sp³-hybridized carbons (Fsp3) is 0.0833. The zero-order valence-corrected chi connectivity index (χ0v) is 10.6. The van der Waals surface area contributed by atoms with Gasteiger partial charge in [-0.3, -0.25) is 0 Å². The summed E-state index contributed by atoms with van der Waals surface area (Å²) >= 11 is 11.3. The van der Waals surface area contributed by atoms with E-state index < -0.39 is 5.97 Å². The summed E-state index contributed by atoms with van der Waals surface area (Å²) in [6.07, 6.45) is 1.24. The molecule has 1 heterocycles. The van der Waals surface area contributed by atoms with Crippen LogP contribution < -0.4 is 0 Å². The maximum absolute atomic E-state index is 11.7. The van der Waals surface area contributed by atoms with E-state index in [9.17, 15) is 4.79 Å². The highest BCUT2D eigenvalue weighted by Crippen LogP contribution is 2.15. The first-order valence-electron chi connectivity index (χ1n) is 5.06. The third-order valence-corrected chi connectivity index (χ3v) is 2.62. The first kappa shape index (κ1) is 12.8. The summed E-state index contributed by atoms with van der Waals surface area (Å²) in [7, 11) is 0. The lowest BCUT2D eigenvalue weighted by atomic mass is 10.2. The Morgan fingerprint density at radius 1 is 1.22 bits per heavy atom. The minimum atomic E-state index is -0.583. The number of halogens is 2. The number of hydrogen-bond donors (Lipinski definition) is 0. The van der Waals surface area contributed by atoms with E-state index in [-0.39, 0.29) is 22.6 Å². The van der Waals surface area contributed by atoms with Crippen LogP contribution in [0.2, 0.25) is 10.4 Å². The van der Waals surface area contributed by atoms with Gasteiger partial charge in [-0.2, -0.15) is 0 Å². The van der Waals surface area contributed by atoms with Crippen LogP contribution in [0.15, 0.2) is 36.5 Å². The van der Waals surface area contributed by atoms with Crippen LogP contribution in [0.5, 0.6) is 0 Å². The quantitative estimate of drug-likeness (QED) is 0.493. The second kappa shape index (κ2) is 5.80. The van der Waals surface area contributed by atoms with E-state index in [1.54, 1.807) is 0 Å². The Labute approximate surface area is 114 Å². The van der Waals surface area contributed by atoms with E-state index in [4.69, 9.17) is 27.9 Å². The van der Waals surface area contributed by atoms with Crippen LogP contribution in [0.3, 0.4) is 0 Å². The molecule has 0 aliphatic rings. The summed E-state index contributed by atoms with van der Waals surface area (Å²) in [4.78, 5) is 19.1. The molecule has 1 aromatic heterocycles. The highest BCUT2D eigenvalue weighted by molar-refractivity contribution is 6.33. The number of benzene rings is 1. The second-order valence-corrected chi connectivity index (χ2v) is 4.10. The molecule has 6 heteroatoms. The predicted octanol–water partition coefficient (Wildman–Crippen LogP) is 3.14. The Kier molecular flexibility index (Phi) is 4.12. The van der Waals surface area contributed by atoms with Crippen LogP contribution in [-0.2, 0) is 11.3 Å². The molecule has 0 N–H and O–H groups in total. The Hall–Kier alpha value is -1.65. The van der Waals surface area contributed by atoms with Crippen LogP contribution in [-0.4, -0.2) is 15.9 Å². The number of rotatable bonds is 3. The summed E-state index contributed by atoms with van der Waals surface area (Å²) in [5, 5.41) is -0.0346. The van der Waals surface area contributed by atoms with Gasteiger partial charge in [0.05, 0.1) is 0 Å². The van der Waals surface area contributed by atoms with E-state index >= 15 is 0 Å². The van der Waals surface area contributed by atoms with Crippen molar-refractivity contribution in [2.75, 3.05) is 0 Å². The summed E-state index contributed by atoms with van der Waals surface area (Å²) < 4.78 is 5.09. The number of nitrogens with zero attached hydrogens (tertiary/aromatic N) is 2. The molecule has 92 valence electrons. The minimum absolute atomic E-state index is 0.0143. The number of carbonyl (C=O) groups excluding carboxylic acids is 1. The number of hydrogen-bond acceptors (Lipinski definition) is 4. The first-order chi connectivity index (χ1) is 8.66. The van der Waals surface area contributed by atoms with Gasteiger partial charge in [0, 0.05) is 6.20 Å². The third kappa shape index (κ3) is 3.18. The Morgan fingerprint density at radius 3 is 2.61 bits per heavy atom. The standard InChI is InChI=1S/C12H8Cl2N2O2/c13-10-9(6-15-12(14)16-10)11(17)18-7-8-4-2-1-3-5-8/h1-6H,7H2. The lowest BCUT2D eigenvalue weighted by Gasteiger charge is -2.05. The predicted molar refractivity (Wildman–Crippen MR) is 67.6 cm³/mol. The van der Waals surface area contributed by atoms with E-state index in [0.29, 0.717) is 0 Å². The summed E-state index contributed by atoms with van der Waals surface area (Å²) in [6, 6.07) is 9.32. The van der Waals surface area contributed by atoms with Gasteiger partial charge in [0.15, 0.2) is 0 Å². The summed E-state index contributed by atoms with van der Waals surface area (Å²) in [6.45, 7) is 0.165.